The van der Waals surface area contributed by atoms with Crippen molar-refractivity contribution in [2.24, 2.45) is 0 Å². The van der Waals surface area contributed by atoms with Crippen LogP contribution in [0.4, 0.5) is 0 Å². The first-order chi connectivity index (χ1) is 5.62. The van der Waals surface area contributed by atoms with Gasteiger partial charge in [0, 0.05) is 10.3 Å². The normalized spacial score (nSPS) is 25.4. The van der Waals surface area contributed by atoms with E-state index in [4.69, 9.17) is 0 Å². The third-order valence-corrected chi connectivity index (χ3v) is 5.49. The summed E-state index contributed by atoms with van der Waals surface area (Å²) in [6.45, 7) is 4.57. The SMILES string of the molecule is CC1(C)c2ccccc2SC1Br. The summed E-state index contributed by atoms with van der Waals surface area (Å²) in [4.78, 5) is 1.42. The highest BCUT2D eigenvalue weighted by atomic mass is 79.9. The van der Waals surface area contributed by atoms with Crippen LogP contribution in [0.1, 0.15) is 19.4 Å². The molecule has 1 aromatic carbocycles. The second-order valence-electron chi connectivity index (χ2n) is 3.65. The van der Waals surface area contributed by atoms with Crippen molar-refractivity contribution in [3.05, 3.63) is 29.8 Å². The second kappa shape index (κ2) is 2.78. The summed E-state index contributed by atoms with van der Waals surface area (Å²) in [5.41, 5.74) is 1.73. The van der Waals surface area contributed by atoms with Crippen molar-refractivity contribution in [2.75, 3.05) is 0 Å². The molecule has 0 aromatic heterocycles. The first kappa shape index (κ1) is 8.64. The van der Waals surface area contributed by atoms with E-state index in [1.165, 1.54) is 10.5 Å². The van der Waals surface area contributed by atoms with Crippen molar-refractivity contribution in [3.8, 4) is 0 Å². The quantitative estimate of drug-likeness (QED) is 0.624. The fourth-order valence-corrected chi connectivity index (χ4v) is 3.59. The molecule has 0 aliphatic carbocycles. The molecule has 0 N–H and O–H groups in total. The van der Waals surface area contributed by atoms with Crippen LogP contribution >= 0.6 is 27.7 Å². The maximum atomic E-state index is 3.70. The molecule has 2 heteroatoms. The summed E-state index contributed by atoms with van der Waals surface area (Å²) >= 11 is 5.62. The van der Waals surface area contributed by atoms with Gasteiger partial charge in [-0.3, -0.25) is 0 Å². The minimum absolute atomic E-state index is 0.265. The van der Waals surface area contributed by atoms with Gasteiger partial charge < -0.3 is 0 Å². The Balaban J connectivity index is 2.55. The predicted octanol–water partition coefficient (Wildman–Crippen LogP) is 3.79. The van der Waals surface area contributed by atoms with Gasteiger partial charge in [0.15, 0.2) is 0 Å². The average molecular weight is 243 g/mol. The van der Waals surface area contributed by atoms with Crippen molar-refractivity contribution in [1.29, 1.82) is 0 Å². The number of alkyl halides is 1. The van der Waals surface area contributed by atoms with Gasteiger partial charge in [-0.05, 0) is 11.6 Å². The Kier molecular flexibility index (Phi) is 2.00. The van der Waals surface area contributed by atoms with Gasteiger partial charge in [-0.25, -0.2) is 0 Å². The molecule has 1 atom stereocenters. The molecule has 0 bridgehead atoms. The molecule has 64 valence electrons. The number of rotatable bonds is 0. The highest BCUT2D eigenvalue weighted by Gasteiger charge is 2.38. The number of thioether (sulfide) groups is 1. The number of hydrogen-bond donors (Lipinski definition) is 0. The molecule has 1 aliphatic rings. The largest absolute Gasteiger partial charge is 0.110 e. The van der Waals surface area contributed by atoms with E-state index >= 15 is 0 Å². The fourth-order valence-electron chi connectivity index (χ4n) is 1.48. The minimum Gasteiger partial charge on any atom is -0.110 e. The van der Waals surface area contributed by atoms with Crippen molar-refractivity contribution in [3.63, 3.8) is 0 Å². The molecule has 12 heavy (non-hydrogen) atoms. The molecule has 0 spiro atoms. The Morgan fingerprint density at radius 2 is 2.00 bits per heavy atom. The van der Waals surface area contributed by atoms with Crippen LogP contribution in [0.3, 0.4) is 0 Å². The van der Waals surface area contributed by atoms with Gasteiger partial charge in [0.25, 0.3) is 0 Å². The number of fused-ring (bicyclic) bond motifs is 1. The van der Waals surface area contributed by atoms with Gasteiger partial charge in [0.1, 0.15) is 0 Å². The third-order valence-electron chi connectivity index (χ3n) is 2.38. The molecule has 0 fully saturated rings. The Morgan fingerprint density at radius 3 is 2.67 bits per heavy atom. The molecule has 0 saturated carbocycles. The third kappa shape index (κ3) is 1.12. The summed E-state index contributed by atoms with van der Waals surface area (Å²) in [6.07, 6.45) is 0. The first-order valence-corrected chi connectivity index (χ1v) is 5.82. The van der Waals surface area contributed by atoms with E-state index in [0.29, 0.717) is 4.16 Å². The van der Waals surface area contributed by atoms with Crippen LogP contribution in [0.2, 0.25) is 0 Å². The van der Waals surface area contributed by atoms with Crippen LogP contribution in [0.5, 0.6) is 0 Å². The van der Waals surface area contributed by atoms with Crippen LogP contribution in [-0.2, 0) is 5.41 Å². The lowest BCUT2D eigenvalue weighted by atomic mass is 9.87. The van der Waals surface area contributed by atoms with Crippen molar-refractivity contribution in [2.45, 2.75) is 28.3 Å². The summed E-state index contributed by atoms with van der Waals surface area (Å²) < 4.78 is 0.516. The number of benzene rings is 1. The minimum atomic E-state index is 0.265. The van der Waals surface area contributed by atoms with Crippen molar-refractivity contribution < 1.29 is 0 Å². The van der Waals surface area contributed by atoms with E-state index in [1.54, 1.807) is 0 Å². The molecule has 0 amide bonds. The van der Waals surface area contributed by atoms with Crippen molar-refractivity contribution >= 4 is 27.7 Å². The highest BCUT2D eigenvalue weighted by molar-refractivity contribution is 9.11. The van der Waals surface area contributed by atoms with E-state index < -0.39 is 0 Å². The number of halogens is 1. The van der Waals surface area contributed by atoms with Gasteiger partial charge in [-0.15, -0.1) is 11.8 Å². The Labute approximate surface area is 85.9 Å². The fraction of sp³-hybridized carbons (Fsp3) is 0.400. The zero-order valence-electron chi connectivity index (χ0n) is 7.17. The van der Waals surface area contributed by atoms with E-state index in [-0.39, 0.29) is 5.41 Å². The topological polar surface area (TPSA) is 0 Å². The van der Waals surface area contributed by atoms with Gasteiger partial charge in [0.2, 0.25) is 0 Å². The molecule has 0 nitrogen and oxygen atoms in total. The lowest BCUT2D eigenvalue weighted by Gasteiger charge is -2.22. The molecule has 1 unspecified atom stereocenters. The molecule has 0 radical (unpaired) electrons. The summed E-state index contributed by atoms with van der Waals surface area (Å²) in [7, 11) is 0. The number of hydrogen-bond acceptors (Lipinski definition) is 1. The zero-order chi connectivity index (χ0) is 8.77. The maximum absolute atomic E-state index is 3.70. The van der Waals surface area contributed by atoms with Crippen LogP contribution in [0.15, 0.2) is 29.2 Å². The smallest absolute Gasteiger partial charge is 0.0738 e. The van der Waals surface area contributed by atoms with Crippen LogP contribution in [-0.4, -0.2) is 4.16 Å². The van der Waals surface area contributed by atoms with E-state index in [2.05, 4.69) is 54.0 Å². The standard InChI is InChI=1S/C10H11BrS/c1-10(2)7-5-3-4-6-8(7)12-9(10)11/h3-6,9H,1-2H3. The van der Waals surface area contributed by atoms with Crippen LogP contribution in [0.25, 0.3) is 0 Å². The summed E-state index contributed by atoms with van der Waals surface area (Å²) in [5, 5.41) is 0. The maximum Gasteiger partial charge on any atom is 0.0738 e. The van der Waals surface area contributed by atoms with Crippen molar-refractivity contribution in [1.82, 2.24) is 0 Å². The van der Waals surface area contributed by atoms with Gasteiger partial charge in [-0.1, -0.05) is 48.0 Å². The van der Waals surface area contributed by atoms with Gasteiger partial charge >= 0.3 is 0 Å². The van der Waals surface area contributed by atoms with E-state index in [9.17, 15) is 0 Å². The Morgan fingerprint density at radius 1 is 1.33 bits per heavy atom. The molecule has 1 heterocycles. The van der Waals surface area contributed by atoms with E-state index in [1.807, 2.05) is 11.8 Å². The van der Waals surface area contributed by atoms with E-state index in [0.717, 1.165) is 0 Å². The molecule has 1 aromatic rings. The summed E-state index contributed by atoms with van der Waals surface area (Å²) in [5.74, 6) is 0. The molecule has 1 aliphatic heterocycles. The monoisotopic (exact) mass is 242 g/mol. The van der Waals surface area contributed by atoms with Crippen LogP contribution < -0.4 is 0 Å². The van der Waals surface area contributed by atoms with Crippen LogP contribution in [0, 0.1) is 0 Å². The van der Waals surface area contributed by atoms with Gasteiger partial charge in [0.05, 0.1) is 4.16 Å². The van der Waals surface area contributed by atoms with Gasteiger partial charge in [-0.2, -0.15) is 0 Å². The predicted molar refractivity (Wildman–Crippen MR) is 58.0 cm³/mol. The molecule has 2 rings (SSSR count). The Hall–Kier alpha value is 0.0500. The lowest BCUT2D eigenvalue weighted by Crippen LogP contribution is -2.21. The first-order valence-electron chi connectivity index (χ1n) is 4.02. The zero-order valence-corrected chi connectivity index (χ0v) is 9.58. The second-order valence-corrected chi connectivity index (χ2v) is 6.32. The summed E-state index contributed by atoms with van der Waals surface area (Å²) in [6, 6.07) is 8.64. The molecule has 0 saturated heterocycles. The lowest BCUT2D eigenvalue weighted by molar-refractivity contribution is 0.587. The molecular weight excluding hydrogens is 232 g/mol. The Bertz CT molecular complexity index is 306. The average Bonchev–Trinajstić information content (AvgIpc) is 2.25. The highest BCUT2D eigenvalue weighted by Crippen LogP contribution is 2.51. The molecular formula is C10H11BrS.